The highest BCUT2D eigenvalue weighted by molar-refractivity contribution is 7.86. The van der Waals surface area contributed by atoms with E-state index in [1.54, 1.807) is 12.1 Å². The van der Waals surface area contributed by atoms with Gasteiger partial charge in [0.1, 0.15) is 18.3 Å². The Morgan fingerprint density at radius 1 is 1.03 bits per heavy atom. The van der Waals surface area contributed by atoms with Crippen molar-refractivity contribution in [1.29, 1.82) is 0 Å². The molecule has 0 spiro atoms. The molecule has 4 rings (SSSR count). The maximum Gasteiger partial charge on any atom is 0.297 e. The first-order chi connectivity index (χ1) is 14.4. The van der Waals surface area contributed by atoms with Crippen LogP contribution in [0.2, 0.25) is 0 Å². The summed E-state index contributed by atoms with van der Waals surface area (Å²) in [5.74, 6) is 0. The van der Waals surface area contributed by atoms with Crippen LogP contribution in [0, 0.1) is 6.92 Å². The molecule has 30 heavy (non-hydrogen) atoms. The Balaban J connectivity index is 1.55. The van der Waals surface area contributed by atoms with E-state index >= 15 is 0 Å². The lowest BCUT2D eigenvalue weighted by Gasteiger charge is -2.46. The molecule has 2 aromatic rings. The van der Waals surface area contributed by atoms with Gasteiger partial charge in [0, 0.05) is 12.7 Å². The lowest BCUT2D eigenvalue weighted by atomic mass is 9.98. The lowest BCUT2D eigenvalue weighted by molar-refractivity contribution is -0.354. The van der Waals surface area contributed by atoms with E-state index in [2.05, 4.69) is 0 Å². The van der Waals surface area contributed by atoms with Gasteiger partial charge in [-0.15, -0.1) is 0 Å². The molecule has 8 nitrogen and oxygen atoms in total. The van der Waals surface area contributed by atoms with Gasteiger partial charge in [-0.3, -0.25) is 4.18 Å². The van der Waals surface area contributed by atoms with Gasteiger partial charge in [0.25, 0.3) is 10.1 Å². The van der Waals surface area contributed by atoms with Crippen molar-refractivity contribution >= 4 is 10.1 Å². The first-order valence-electron chi connectivity index (χ1n) is 9.57. The number of aliphatic hydroxyl groups excluding tert-OH is 1. The topological polar surface area (TPSA) is 101 Å². The lowest BCUT2D eigenvalue weighted by Crippen LogP contribution is -2.63. The number of fused-ring (bicyclic) bond motifs is 1. The monoisotopic (exact) mass is 436 g/mol. The van der Waals surface area contributed by atoms with Crippen LogP contribution in [0.3, 0.4) is 0 Å². The standard InChI is InChI=1S/C21H24O8S/c1-13-8-10-15(11-9-13)30(23,24)29-19-17(22)18-16(27-21(19)25-2)12-26-20(28-18)14-6-4-3-5-7-14/h3-11,16-22H,12H2,1-2H3/t16-,17-,18+,19-,20+,21-/m1/s1. The SMILES string of the molecule is CO[C@@H]1O[C@@H]2CO[C@H](c3ccccc3)O[C@@H]2[C@@H](O)[C@H]1OS(=O)(=O)c1ccc(C)cc1. The highest BCUT2D eigenvalue weighted by atomic mass is 32.2. The van der Waals surface area contributed by atoms with Crippen molar-refractivity contribution in [1.82, 2.24) is 0 Å². The van der Waals surface area contributed by atoms with E-state index in [4.69, 9.17) is 23.1 Å². The third-order valence-corrected chi connectivity index (χ3v) is 6.49. The van der Waals surface area contributed by atoms with E-state index in [0.717, 1.165) is 11.1 Å². The Morgan fingerprint density at radius 3 is 2.40 bits per heavy atom. The molecule has 0 aliphatic carbocycles. The van der Waals surface area contributed by atoms with Crippen LogP contribution < -0.4 is 0 Å². The van der Waals surface area contributed by atoms with Crippen LogP contribution in [0.4, 0.5) is 0 Å². The van der Waals surface area contributed by atoms with Crippen LogP contribution in [-0.2, 0) is 33.2 Å². The second kappa shape index (κ2) is 8.72. The number of hydrogen-bond donors (Lipinski definition) is 1. The largest absolute Gasteiger partial charge is 0.387 e. The first kappa shape index (κ1) is 21.4. The van der Waals surface area contributed by atoms with Gasteiger partial charge in [0.05, 0.1) is 11.5 Å². The van der Waals surface area contributed by atoms with Crippen LogP contribution in [0.1, 0.15) is 17.4 Å². The third-order valence-electron chi connectivity index (χ3n) is 5.16. The van der Waals surface area contributed by atoms with Gasteiger partial charge >= 0.3 is 0 Å². The number of benzene rings is 2. The Morgan fingerprint density at radius 2 is 1.73 bits per heavy atom. The van der Waals surface area contributed by atoms with E-state index in [-0.39, 0.29) is 11.5 Å². The summed E-state index contributed by atoms with van der Waals surface area (Å²) in [6.45, 7) is 2.00. The molecule has 9 heteroatoms. The summed E-state index contributed by atoms with van der Waals surface area (Å²) < 4.78 is 53.5. The van der Waals surface area contributed by atoms with Crippen molar-refractivity contribution in [3.05, 3.63) is 65.7 Å². The molecular weight excluding hydrogens is 412 g/mol. The molecule has 2 aliphatic heterocycles. The average Bonchev–Trinajstić information content (AvgIpc) is 2.76. The number of aliphatic hydroxyl groups is 1. The third kappa shape index (κ3) is 4.28. The fraction of sp³-hybridized carbons (Fsp3) is 0.429. The molecule has 0 bridgehead atoms. The maximum absolute atomic E-state index is 12.8. The van der Waals surface area contributed by atoms with Crippen LogP contribution in [0.25, 0.3) is 0 Å². The fourth-order valence-electron chi connectivity index (χ4n) is 3.55. The molecule has 0 amide bonds. The summed E-state index contributed by atoms with van der Waals surface area (Å²) >= 11 is 0. The molecule has 162 valence electrons. The van der Waals surface area contributed by atoms with Gasteiger partial charge in [-0.1, -0.05) is 48.0 Å². The van der Waals surface area contributed by atoms with Gasteiger partial charge in [-0.25, -0.2) is 0 Å². The molecule has 1 N–H and O–H groups in total. The number of rotatable bonds is 5. The van der Waals surface area contributed by atoms with Crippen molar-refractivity contribution in [2.75, 3.05) is 13.7 Å². The van der Waals surface area contributed by atoms with E-state index in [1.807, 2.05) is 37.3 Å². The van der Waals surface area contributed by atoms with Gasteiger partial charge in [0.2, 0.25) is 0 Å². The summed E-state index contributed by atoms with van der Waals surface area (Å²) in [5, 5.41) is 11.0. The number of hydrogen-bond acceptors (Lipinski definition) is 8. The van der Waals surface area contributed by atoms with Crippen LogP contribution in [0.5, 0.6) is 0 Å². The first-order valence-corrected chi connectivity index (χ1v) is 11.0. The Bertz CT molecular complexity index is 947. The molecule has 2 saturated heterocycles. The molecule has 2 aromatic carbocycles. The second-order valence-corrected chi connectivity index (χ2v) is 8.85. The van der Waals surface area contributed by atoms with Gasteiger partial charge in [-0.2, -0.15) is 8.42 Å². The minimum Gasteiger partial charge on any atom is -0.387 e. The summed E-state index contributed by atoms with van der Waals surface area (Å²) in [7, 11) is -2.81. The Hall–Kier alpha value is -1.85. The molecule has 2 heterocycles. The number of aryl methyl sites for hydroxylation is 1. The summed E-state index contributed by atoms with van der Waals surface area (Å²) in [4.78, 5) is -0.0210. The van der Waals surface area contributed by atoms with Crippen molar-refractivity contribution in [2.45, 2.75) is 48.8 Å². The number of methoxy groups -OCH3 is 1. The Labute approximate surface area is 175 Å². The average molecular weight is 436 g/mol. The summed E-state index contributed by atoms with van der Waals surface area (Å²) in [6.07, 6.45) is -5.93. The molecule has 0 saturated carbocycles. The zero-order valence-electron chi connectivity index (χ0n) is 16.6. The highest BCUT2D eigenvalue weighted by Crippen LogP contribution is 2.36. The zero-order valence-corrected chi connectivity index (χ0v) is 17.4. The molecular formula is C21H24O8S. The van der Waals surface area contributed by atoms with Crippen LogP contribution in [0.15, 0.2) is 59.5 Å². The van der Waals surface area contributed by atoms with E-state index in [9.17, 15) is 13.5 Å². The van der Waals surface area contributed by atoms with Gasteiger partial charge in [-0.05, 0) is 19.1 Å². The van der Waals surface area contributed by atoms with Crippen LogP contribution in [-0.4, -0.2) is 57.9 Å². The zero-order chi connectivity index (χ0) is 21.3. The normalized spacial score (nSPS) is 31.8. The second-order valence-electron chi connectivity index (χ2n) is 7.27. The molecule has 2 fully saturated rings. The predicted octanol–water partition coefficient (Wildman–Crippen LogP) is 1.92. The fourth-order valence-corrected chi connectivity index (χ4v) is 4.62. The highest BCUT2D eigenvalue weighted by Gasteiger charge is 2.51. The summed E-state index contributed by atoms with van der Waals surface area (Å²) in [5.41, 5.74) is 1.69. The quantitative estimate of drug-likeness (QED) is 0.710. The predicted molar refractivity (Wildman–Crippen MR) is 105 cm³/mol. The minimum atomic E-state index is -4.16. The van der Waals surface area contributed by atoms with Gasteiger partial charge < -0.3 is 24.1 Å². The van der Waals surface area contributed by atoms with Gasteiger partial charge in [0.15, 0.2) is 18.7 Å². The molecule has 0 aromatic heterocycles. The Kier molecular flexibility index (Phi) is 6.21. The molecule has 0 radical (unpaired) electrons. The van der Waals surface area contributed by atoms with Crippen LogP contribution >= 0.6 is 0 Å². The van der Waals surface area contributed by atoms with Crippen molar-refractivity contribution in [3.8, 4) is 0 Å². The van der Waals surface area contributed by atoms with Crippen molar-refractivity contribution in [3.63, 3.8) is 0 Å². The minimum absolute atomic E-state index is 0.0210. The maximum atomic E-state index is 12.8. The number of ether oxygens (including phenoxy) is 4. The van der Waals surface area contributed by atoms with E-state index < -0.39 is 47.1 Å². The van der Waals surface area contributed by atoms with Crippen molar-refractivity contribution in [2.24, 2.45) is 0 Å². The van der Waals surface area contributed by atoms with E-state index in [1.165, 1.54) is 19.2 Å². The summed E-state index contributed by atoms with van der Waals surface area (Å²) in [6, 6.07) is 15.5. The van der Waals surface area contributed by atoms with E-state index in [0.29, 0.717) is 0 Å². The van der Waals surface area contributed by atoms with Crippen molar-refractivity contribution < 1.29 is 36.7 Å². The smallest absolute Gasteiger partial charge is 0.297 e. The molecule has 0 unspecified atom stereocenters. The molecule has 2 aliphatic rings. The molecule has 6 atom stereocenters.